The van der Waals surface area contributed by atoms with Crippen molar-refractivity contribution in [1.29, 1.82) is 0 Å². The summed E-state index contributed by atoms with van der Waals surface area (Å²) in [7, 11) is 1.67. The molecule has 0 radical (unpaired) electrons. The number of likely N-dealkylation sites (tertiary alicyclic amines) is 1. The maximum absolute atomic E-state index is 12.9. The molecule has 1 aliphatic rings. The number of methoxy groups -OCH3 is 1. The van der Waals surface area contributed by atoms with Crippen molar-refractivity contribution in [2.45, 2.75) is 25.4 Å². The summed E-state index contributed by atoms with van der Waals surface area (Å²) in [5, 5.41) is 0. The Balaban J connectivity index is 1.72. The number of nitrogens with two attached hydrogens (primary N) is 1. The summed E-state index contributed by atoms with van der Waals surface area (Å²) >= 11 is 0. The Bertz CT molecular complexity index is 780. The van der Waals surface area contributed by atoms with E-state index in [4.69, 9.17) is 15.2 Å². The zero-order valence-electron chi connectivity index (χ0n) is 15.3. The Kier molecular flexibility index (Phi) is 5.42. The maximum Gasteiger partial charge on any atom is 0.257 e. The van der Waals surface area contributed by atoms with E-state index in [-0.39, 0.29) is 11.7 Å². The predicted octanol–water partition coefficient (Wildman–Crippen LogP) is 2.67. The number of amides is 1. The van der Waals surface area contributed by atoms with Crippen molar-refractivity contribution in [3.8, 4) is 5.75 Å². The monoisotopic (exact) mass is 355 g/mol. The molecular formula is C20H25N3O3. The normalized spacial score (nSPS) is 20.0. The number of nitrogen functional groups attached to an aromatic ring is 1. The van der Waals surface area contributed by atoms with Crippen molar-refractivity contribution in [3.05, 3.63) is 53.7 Å². The molecule has 1 unspecified atom stereocenters. The standard InChI is InChI=1S/C20H25N3O3/c1-15-6-3-7-16(12-15)26-14-20(25-2)9-5-11-23(13-20)19(24)17-8-4-10-22-18(17)21/h3-4,6-8,10,12H,5,9,11,13-14H2,1-2H3,(H2,21,22). The molecule has 0 spiro atoms. The van der Waals surface area contributed by atoms with Crippen LogP contribution in [-0.2, 0) is 4.74 Å². The number of piperidine rings is 1. The first-order valence-corrected chi connectivity index (χ1v) is 8.77. The van der Waals surface area contributed by atoms with Crippen molar-refractivity contribution in [1.82, 2.24) is 9.88 Å². The smallest absolute Gasteiger partial charge is 0.257 e. The van der Waals surface area contributed by atoms with Crippen LogP contribution in [0.15, 0.2) is 42.6 Å². The van der Waals surface area contributed by atoms with Gasteiger partial charge >= 0.3 is 0 Å². The van der Waals surface area contributed by atoms with Gasteiger partial charge in [0.2, 0.25) is 0 Å². The lowest BCUT2D eigenvalue weighted by molar-refractivity contribution is -0.0824. The lowest BCUT2D eigenvalue weighted by atomic mass is 9.92. The minimum atomic E-state index is -0.533. The molecule has 1 saturated heterocycles. The Hall–Kier alpha value is -2.60. The van der Waals surface area contributed by atoms with Crippen molar-refractivity contribution in [2.75, 3.05) is 32.5 Å². The van der Waals surface area contributed by atoms with Crippen molar-refractivity contribution < 1.29 is 14.3 Å². The number of pyridine rings is 1. The predicted molar refractivity (Wildman–Crippen MR) is 100 cm³/mol. The summed E-state index contributed by atoms with van der Waals surface area (Å²) in [6.07, 6.45) is 3.26. The highest BCUT2D eigenvalue weighted by Gasteiger charge is 2.38. The Morgan fingerprint density at radius 1 is 1.35 bits per heavy atom. The van der Waals surface area contributed by atoms with Crippen LogP contribution >= 0.6 is 0 Å². The van der Waals surface area contributed by atoms with Gasteiger partial charge in [-0.05, 0) is 49.6 Å². The van der Waals surface area contributed by atoms with Gasteiger partial charge in [0.25, 0.3) is 5.91 Å². The molecule has 1 aromatic heterocycles. The van der Waals surface area contributed by atoms with Crippen LogP contribution in [-0.4, -0.2) is 48.2 Å². The molecule has 26 heavy (non-hydrogen) atoms. The third-order valence-corrected chi connectivity index (χ3v) is 4.82. The van der Waals surface area contributed by atoms with Gasteiger partial charge in [-0.15, -0.1) is 0 Å². The van der Waals surface area contributed by atoms with E-state index in [1.807, 2.05) is 31.2 Å². The number of anilines is 1. The second-order valence-electron chi connectivity index (χ2n) is 6.76. The average molecular weight is 355 g/mol. The fourth-order valence-electron chi connectivity index (χ4n) is 3.30. The van der Waals surface area contributed by atoms with Gasteiger partial charge in [0.1, 0.15) is 23.8 Å². The summed E-state index contributed by atoms with van der Waals surface area (Å²) in [4.78, 5) is 18.6. The summed E-state index contributed by atoms with van der Waals surface area (Å²) in [5.41, 5.74) is 6.90. The lowest BCUT2D eigenvalue weighted by Gasteiger charge is -2.41. The summed E-state index contributed by atoms with van der Waals surface area (Å²) in [5.74, 6) is 0.941. The fourth-order valence-corrected chi connectivity index (χ4v) is 3.30. The van der Waals surface area contributed by atoms with Crippen LogP contribution in [0.1, 0.15) is 28.8 Å². The van der Waals surface area contributed by atoms with Crippen molar-refractivity contribution >= 4 is 11.7 Å². The molecule has 2 heterocycles. The summed E-state index contributed by atoms with van der Waals surface area (Å²) in [6, 6.07) is 11.3. The molecular weight excluding hydrogens is 330 g/mol. The van der Waals surface area contributed by atoms with Gasteiger partial charge in [-0.3, -0.25) is 4.79 Å². The number of aryl methyl sites for hydroxylation is 1. The van der Waals surface area contributed by atoms with Crippen LogP contribution in [0.3, 0.4) is 0 Å². The van der Waals surface area contributed by atoms with E-state index in [1.165, 1.54) is 0 Å². The van der Waals surface area contributed by atoms with Crippen molar-refractivity contribution in [3.63, 3.8) is 0 Å². The van der Waals surface area contributed by atoms with E-state index in [9.17, 15) is 4.79 Å². The number of hydrogen-bond acceptors (Lipinski definition) is 5. The molecule has 0 saturated carbocycles. The zero-order chi connectivity index (χ0) is 18.6. The van der Waals surface area contributed by atoms with Gasteiger partial charge in [-0.2, -0.15) is 0 Å². The van der Waals surface area contributed by atoms with Crippen LogP contribution in [0.25, 0.3) is 0 Å². The molecule has 1 fully saturated rings. The van der Waals surface area contributed by atoms with Crippen LogP contribution in [0.4, 0.5) is 5.82 Å². The van der Waals surface area contributed by atoms with Gasteiger partial charge in [0.15, 0.2) is 0 Å². The number of rotatable bonds is 5. The molecule has 6 heteroatoms. The second-order valence-corrected chi connectivity index (χ2v) is 6.76. The topological polar surface area (TPSA) is 77.7 Å². The van der Waals surface area contributed by atoms with Gasteiger partial charge in [0.05, 0.1) is 12.1 Å². The lowest BCUT2D eigenvalue weighted by Crippen LogP contribution is -2.54. The molecule has 1 aliphatic heterocycles. The maximum atomic E-state index is 12.9. The molecule has 1 amide bonds. The summed E-state index contributed by atoms with van der Waals surface area (Å²) < 4.78 is 11.8. The Morgan fingerprint density at radius 3 is 2.92 bits per heavy atom. The minimum absolute atomic E-state index is 0.118. The molecule has 0 bridgehead atoms. The van der Waals surface area contributed by atoms with E-state index in [0.717, 1.165) is 24.2 Å². The SMILES string of the molecule is COC1(COc2cccc(C)c2)CCCN(C(=O)c2cccnc2N)C1. The largest absolute Gasteiger partial charge is 0.491 e. The zero-order valence-corrected chi connectivity index (χ0v) is 15.3. The van der Waals surface area contributed by atoms with Gasteiger partial charge < -0.3 is 20.1 Å². The van der Waals surface area contributed by atoms with E-state index < -0.39 is 5.60 Å². The Labute approximate surface area is 153 Å². The number of benzene rings is 1. The highest BCUT2D eigenvalue weighted by Crippen LogP contribution is 2.28. The number of carbonyl (C=O) groups is 1. The van der Waals surface area contributed by atoms with Crippen molar-refractivity contribution in [2.24, 2.45) is 0 Å². The minimum Gasteiger partial charge on any atom is -0.491 e. The fraction of sp³-hybridized carbons (Fsp3) is 0.400. The van der Waals surface area contributed by atoms with Crippen LogP contribution in [0.5, 0.6) is 5.75 Å². The number of aromatic nitrogens is 1. The highest BCUT2D eigenvalue weighted by atomic mass is 16.5. The van der Waals surface area contributed by atoms with E-state index in [0.29, 0.717) is 25.3 Å². The first kappa shape index (κ1) is 18.2. The molecule has 6 nitrogen and oxygen atoms in total. The third-order valence-electron chi connectivity index (χ3n) is 4.82. The van der Waals surface area contributed by atoms with Crippen LogP contribution < -0.4 is 10.5 Å². The molecule has 2 aromatic rings. The van der Waals surface area contributed by atoms with Crippen LogP contribution in [0, 0.1) is 6.92 Å². The first-order valence-electron chi connectivity index (χ1n) is 8.77. The van der Waals surface area contributed by atoms with Gasteiger partial charge in [-0.25, -0.2) is 4.98 Å². The van der Waals surface area contributed by atoms with E-state index in [1.54, 1.807) is 30.3 Å². The number of ether oxygens (including phenoxy) is 2. The molecule has 138 valence electrons. The molecule has 3 rings (SSSR count). The highest BCUT2D eigenvalue weighted by molar-refractivity contribution is 5.98. The van der Waals surface area contributed by atoms with Gasteiger partial charge in [0, 0.05) is 19.9 Å². The third kappa shape index (κ3) is 3.96. The molecule has 0 aliphatic carbocycles. The van der Waals surface area contributed by atoms with E-state index in [2.05, 4.69) is 4.98 Å². The molecule has 2 N–H and O–H groups in total. The number of nitrogens with zero attached hydrogens (tertiary/aromatic N) is 2. The number of carbonyl (C=O) groups excluding carboxylic acids is 1. The Morgan fingerprint density at radius 2 is 2.19 bits per heavy atom. The summed E-state index contributed by atoms with van der Waals surface area (Å²) in [6.45, 7) is 3.54. The second kappa shape index (κ2) is 7.74. The van der Waals surface area contributed by atoms with E-state index >= 15 is 0 Å². The average Bonchev–Trinajstić information content (AvgIpc) is 2.66. The van der Waals surface area contributed by atoms with Crippen LogP contribution in [0.2, 0.25) is 0 Å². The van der Waals surface area contributed by atoms with Gasteiger partial charge in [-0.1, -0.05) is 12.1 Å². The number of hydrogen-bond donors (Lipinski definition) is 1. The molecule has 1 aromatic carbocycles. The quantitative estimate of drug-likeness (QED) is 0.892. The molecule has 1 atom stereocenters. The first-order chi connectivity index (χ1) is 12.5.